The lowest BCUT2D eigenvalue weighted by molar-refractivity contribution is -0.145. The van der Waals surface area contributed by atoms with Gasteiger partial charge in [-0.2, -0.15) is 0 Å². The molecule has 2 heterocycles. The molecule has 2 rings (SSSR count). The summed E-state index contributed by atoms with van der Waals surface area (Å²) >= 11 is 0. The van der Waals surface area contributed by atoms with Crippen molar-refractivity contribution in [2.75, 3.05) is 26.2 Å². The zero-order valence-corrected chi connectivity index (χ0v) is 11.0. The number of carboxylic acid groups (broad SMARTS) is 1. The van der Waals surface area contributed by atoms with Gasteiger partial charge in [0.05, 0.1) is 18.3 Å². The molecule has 5 nitrogen and oxygen atoms in total. The van der Waals surface area contributed by atoms with Gasteiger partial charge in [-0.3, -0.25) is 0 Å². The van der Waals surface area contributed by atoms with Gasteiger partial charge in [-0.1, -0.05) is 0 Å². The average molecular weight is 257 g/mol. The summed E-state index contributed by atoms with van der Waals surface area (Å²) in [7, 11) is 0. The Kier molecular flexibility index (Phi) is 4.97. The van der Waals surface area contributed by atoms with Crippen molar-refractivity contribution in [2.24, 2.45) is 0 Å². The maximum absolute atomic E-state index is 10.4. The molecule has 0 aromatic rings. The lowest BCUT2D eigenvalue weighted by Gasteiger charge is -2.33. The molecule has 18 heavy (non-hydrogen) atoms. The molecule has 0 aromatic carbocycles. The van der Waals surface area contributed by atoms with Crippen LogP contribution in [-0.4, -0.2) is 60.5 Å². The van der Waals surface area contributed by atoms with E-state index < -0.39 is 5.97 Å². The summed E-state index contributed by atoms with van der Waals surface area (Å²) in [6, 6.07) is 0. The number of hydrogen-bond acceptors (Lipinski definition) is 4. The minimum Gasteiger partial charge on any atom is -0.480 e. The average Bonchev–Trinajstić information content (AvgIpc) is 2.74. The van der Waals surface area contributed by atoms with Gasteiger partial charge in [-0.25, -0.2) is 4.79 Å². The van der Waals surface area contributed by atoms with E-state index in [1.54, 1.807) is 0 Å². The van der Waals surface area contributed by atoms with Gasteiger partial charge in [0.25, 0.3) is 0 Å². The van der Waals surface area contributed by atoms with Crippen molar-refractivity contribution in [1.82, 2.24) is 4.90 Å². The molecule has 5 heteroatoms. The molecule has 2 unspecified atom stereocenters. The van der Waals surface area contributed by atoms with Crippen LogP contribution in [0.1, 0.15) is 32.6 Å². The fraction of sp³-hybridized carbons (Fsp3) is 0.923. The van der Waals surface area contributed by atoms with Crippen molar-refractivity contribution >= 4 is 5.97 Å². The number of likely N-dealkylation sites (tertiary alicyclic amines) is 1. The fourth-order valence-electron chi connectivity index (χ4n) is 2.76. The molecule has 0 saturated carbocycles. The lowest BCUT2D eigenvalue weighted by Crippen LogP contribution is -2.41. The highest BCUT2D eigenvalue weighted by Gasteiger charge is 2.26. The van der Waals surface area contributed by atoms with Crippen LogP contribution in [0.3, 0.4) is 0 Å². The monoisotopic (exact) mass is 257 g/mol. The third-order valence-electron chi connectivity index (χ3n) is 3.76. The topological polar surface area (TPSA) is 59.0 Å². The van der Waals surface area contributed by atoms with E-state index in [9.17, 15) is 4.79 Å². The Hall–Kier alpha value is -0.650. The van der Waals surface area contributed by atoms with Gasteiger partial charge >= 0.3 is 5.97 Å². The Morgan fingerprint density at radius 1 is 1.33 bits per heavy atom. The van der Waals surface area contributed by atoms with Gasteiger partial charge in [0.1, 0.15) is 6.61 Å². The number of ether oxygens (including phenoxy) is 2. The van der Waals surface area contributed by atoms with Crippen LogP contribution in [0.2, 0.25) is 0 Å². The number of nitrogens with zero attached hydrogens (tertiary/aromatic N) is 1. The zero-order chi connectivity index (χ0) is 13.0. The van der Waals surface area contributed by atoms with Crippen LogP contribution < -0.4 is 0 Å². The van der Waals surface area contributed by atoms with Crippen LogP contribution in [0.15, 0.2) is 0 Å². The van der Waals surface area contributed by atoms with Crippen LogP contribution in [0.25, 0.3) is 0 Å². The molecule has 0 radical (unpaired) electrons. The Balaban J connectivity index is 1.62. The largest absolute Gasteiger partial charge is 0.480 e. The Morgan fingerprint density at radius 2 is 2.06 bits per heavy atom. The molecule has 2 saturated heterocycles. The molecule has 2 fully saturated rings. The van der Waals surface area contributed by atoms with Crippen LogP contribution in [-0.2, 0) is 14.3 Å². The first-order valence-corrected chi connectivity index (χ1v) is 6.84. The van der Waals surface area contributed by atoms with Crippen molar-refractivity contribution in [3.8, 4) is 0 Å². The Bertz CT molecular complexity index is 276. The van der Waals surface area contributed by atoms with E-state index in [1.165, 1.54) is 6.42 Å². The molecular formula is C13H23NO4. The van der Waals surface area contributed by atoms with Crippen molar-refractivity contribution in [3.63, 3.8) is 0 Å². The Labute approximate surface area is 108 Å². The fourth-order valence-corrected chi connectivity index (χ4v) is 2.76. The van der Waals surface area contributed by atoms with Gasteiger partial charge in [0.15, 0.2) is 0 Å². The molecule has 2 aliphatic rings. The predicted molar refractivity (Wildman–Crippen MR) is 66.6 cm³/mol. The summed E-state index contributed by atoms with van der Waals surface area (Å²) in [5.74, 6) is -0.884. The SMILES string of the molecule is CC1CCC(CN2CCC(OCC(=O)O)CC2)O1. The second-order valence-electron chi connectivity index (χ2n) is 5.35. The molecule has 0 spiro atoms. The highest BCUT2D eigenvalue weighted by Crippen LogP contribution is 2.22. The van der Waals surface area contributed by atoms with Crippen molar-refractivity contribution in [2.45, 2.75) is 50.9 Å². The molecular weight excluding hydrogens is 234 g/mol. The quantitative estimate of drug-likeness (QED) is 0.799. The molecule has 104 valence electrons. The maximum atomic E-state index is 10.4. The first-order chi connectivity index (χ1) is 8.63. The second-order valence-corrected chi connectivity index (χ2v) is 5.35. The smallest absolute Gasteiger partial charge is 0.329 e. The maximum Gasteiger partial charge on any atom is 0.329 e. The van der Waals surface area contributed by atoms with E-state index >= 15 is 0 Å². The number of carbonyl (C=O) groups is 1. The Morgan fingerprint density at radius 3 is 2.61 bits per heavy atom. The number of carboxylic acids is 1. The number of rotatable bonds is 5. The van der Waals surface area contributed by atoms with E-state index in [2.05, 4.69) is 11.8 Å². The first-order valence-electron chi connectivity index (χ1n) is 6.84. The van der Waals surface area contributed by atoms with Crippen molar-refractivity contribution < 1.29 is 19.4 Å². The second kappa shape index (κ2) is 6.50. The van der Waals surface area contributed by atoms with E-state index in [4.69, 9.17) is 14.6 Å². The van der Waals surface area contributed by atoms with Gasteiger partial charge in [0.2, 0.25) is 0 Å². The van der Waals surface area contributed by atoms with Gasteiger partial charge < -0.3 is 19.5 Å². The van der Waals surface area contributed by atoms with E-state index in [1.807, 2.05) is 0 Å². The van der Waals surface area contributed by atoms with Gasteiger partial charge in [0, 0.05) is 19.6 Å². The van der Waals surface area contributed by atoms with E-state index in [-0.39, 0.29) is 12.7 Å². The predicted octanol–water partition coefficient (Wildman–Crippen LogP) is 1.12. The molecule has 1 N–H and O–H groups in total. The lowest BCUT2D eigenvalue weighted by atomic mass is 10.1. The number of piperidine rings is 1. The van der Waals surface area contributed by atoms with Crippen molar-refractivity contribution in [1.29, 1.82) is 0 Å². The summed E-state index contributed by atoms with van der Waals surface area (Å²) in [4.78, 5) is 12.8. The van der Waals surface area contributed by atoms with Crippen LogP contribution >= 0.6 is 0 Å². The van der Waals surface area contributed by atoms with E-state index in [0.29, 0.717) is 12.2 Å². The molecule has 0 aliphatic carbocycles. The molecule has 0 aromatic heterocycles. The third-order valence-corrected chi connectivity index (χ3v) is 3.76. The van der Waals surface area contributed by atoms with Crippen LogP contribution in [0, 0.1) is 0 Å². The van der Waals surface area contributed by atoms with E-state index in [0.717, 1.165) is 38.9 Å². The highest BCUT2D eigenvalue weighted by atomic mass is 16.5. The van der Waals surface area contributed by atoms with Crippen molar-refractivity contribution in [3.05, 3.63) is 0 Å². The molecule has 0 amide bonds. The van der Waals surface area contributed by atoms with Gasteiger partial charge in [-0.05, 0) is 32.6 Å². The zero-order valence-electron chi connectivity index (χ0n) is 11.0. The summed E-state index contributed by atoms with van der Waals surface area (Å²) < 4.78 is 11.1. The molecule has 0 bridgehead atoms. The first kappa shape index (κ1) is 13.8. The number of aliphatic carboxylic acids is 1. The molecule has 2 aliphatic heterocycles. The summed E-state index contributed by atoms with van der Waals surface area (Å²) in [5.41, 5.74) is 0. The summed E-state index contributed by atoms with van der Waals surface area (Å²) in [5, 5.41) is 8.56. The standard InChI is InChI=1S/C13H23NO4/c1-10-2-3-12(18-10)8-14-6-4-11(5-7-14)17-9-13(15)16/h10-12H,2-9H2,1H3,(H,15,16). The normalized spacial score (nSPS) is 30.7. The highest BCUT2D eigenvalue weighted by molar-refractivity contribution is 5.68. The van der Waals surface area contributed by atoms with Crippen LogP contribution in [0.5, 0.6) is 0 Å². The molecule has 2 atom stereocenters. The summed E-state index contributed by atoms with van der Waals surface area (Å²) in [6.45, 7) is 4.94. The minimum atomic E-state index is -0.884. The summed E-state index contributed by atoms with van der Waals surface area (Å²) in [6.07, 6.45) is 5.09. The minimum absolute atomic E-state index is 0.112. The number of hydrogen-bond donors (Lipinski definition) is 1. The van der Waals surface area contributed by atoms with Crippen LogP contribution in [0.4, 0.5) is 0 Å². The third kappa shape index (κ3) is 4.23. The van der Waals surface area contributed by atoms with Gasteiger partial charge in [-0.15, -0.1) is 0 Å².